The molecule has 2 aliphatic rings. The number of aryl methyl sites for hydroxylation is 1. The summed E-state index contributed by atoms with van der Waals surface area (Å²) in [7, 11) is 0. The van der Waals surface area contributed by atoms with Crippen molar-refractivity contribution in [2.24, 2.45) is 11.8 Å². The van der Waals surface area contributed by atoms with Crippen LogP contribution in [-0.4, -0.2) is 56.4 Å². The smallest absolute Gasteiger partial charge is 0.240 e. The SMILES string of the molecule is Cc1cccc2sc(NC(=O)CN3C[C@H]4C[C@@H](n5cccn5)[C@H](O)C[C@H]4C3)nc12. The maximum atomic E-state index is 12.6. The molecule has 2 N–H and O–H groups in total. The van der Waals surface area contributed by atoms with Crippen molar-refractivity contribution >= 4 is 32.6 Å². The molecule has 1 aliphatic carbocycles. The Morgan fingerprint density at radius 3 is 2.86 bits per heavy atom. The van der Waals surface area contributed by atoms with Crippen molar-refractivity contribution in [1.82, 2.24) is 19.7 Å². The van der Waals surface area contributed by atoms with Crippen molar-refractivity contribution in [3.8, 4) is 0 Å². The molecule has 152 valence electrons. The summed E-state index contributed by atoms with van der Waals surface area (Å²) in [6.45, 7) is 4.15. The van der Waals surface area contributed by atoms with Gasteiger partial charge in [-0.05, 0) is 49.3 Å². The average molecular weight is 412 g/mol. The van der Waals surface area contributed by atoms with Crippen LogP contribution in [-0.2, 0) is 4.79 Å². The largest absolute Gasteiger partial charge is 0.391 e. The Morgan fingerprint density at radius 2 is 2.10 bits per heavy atom. The van der Waals surface area contributed by atoms with Crippen molar-refractivity contribution in [2.75, 3.05) is 25.0 Å². The van der Waals surface area contributed by atoms with E-state index in [9.17, 15) is 9.90 Å². The first-order valence-corrected chi connectivity index (χ1v) is 10.9. The highest BCUT2D eigenvalue weighted by Gasteiger charge is 2.42. The van der Waals surface area contributed by atoms with Crippen LogP contribution in [0, 0.1) is 18.8 Å². The molecule has 1 saturated heterocycles. The first-order valence-electron chi connectivity index (χ1n) is 10.1. The van der Waals surface area contributed by atoms with E-state index in [1.807, 2.05) is 42.1 Å². The maximum absolute atomic E-state index is 12.6. The molecule has 0 radical (unpaired) electrons. The molecule has 5 rings (SSSR count). The number of rotatable bonds is 4. The number of nitrogens with zero attached hydrogens (tertiary/aromatic N) is 4. The van der Waals surface area contributed by atoms with Gasteiger partial charge < -0.3 is 10.4 Å². The Hall–Kier alpha value is -2.29. The van der Waals surface area contributed by atoms with Crippen LogP contribution in [0.25, 0.3) is 10.2 Å². The van der Waals surface area contributed by atoms with E-state index in [0.29, 0.717) is 23.5 Å². The number of para-hydroxylation sites is 1. The van der Waals surface area contributed by atoms with Gasteiger partial charge >= 0.3 is 0 Å². The lowest BCUT2D eigenvalue weighted by Gasteiger charge is -2.35. The van der Waals surface area contributed by atoms with Gasteiger partial charge in [0.1, 0.15) is 0 Å². The van der Waals surface area contributed by atoms with Crippen LogP contribution in [0.4, 0.5) is 5.13 Å². The zero-order valence-corrected chi connectivity index (χ0v) is 17.2. The number of amides is 1. The number of carbonyl (C=O) groups is 1. The molecule has 2 fully saturated rings. The molecule has 1 amide bonds. The third-order valence-electron chi connectivity index (χ3n) is 6.28. The van der Waals surface area contributed by atoms with Crippen LogP contribution in [0.15, 0.2) is 36.7 Å². The molecule has 3 aromatic rings. The molecule has 2 aromatic heterocycles. The number of benzene rings is 1. The van der Waals surface area contributed by atoms with Crippen LogP contribution in [0.5, 0.6) is 0 Å². The van der Waals surface area contributed by atoms with E-state index in [4.69, 9.17) is 0 Å². The van der Waals surface area contributed by atoms with Gasteiger partial charge in [-0.1, -0.05) is 23.5 Å². The predicted molar refractivity (Wildman–Crippen MR) is 113 cm³/mol. The molecule has 1 aliphatic heterocycles. The van der Waals surface area contributed by atoms with E-state index in [2.05, 4.69) is 20.3 Å². The van der Waals surface area contributed by atoms with Crippen molar-refractivity contribution in [2.45, 2.75) is 31.9 Å². The standard InChI is InChI=1S/C21H25N5O2S/c1-13-4-2-5-18-20(13)24-21(29-18)23-19(28)12-25-10-14-8-16(26-7-3-6-22-26)17(27)9-15(14)11-25/h2-7,14-17,27H,8-12H2,1H3,(H,23,24,28)/t14-,15+,16-,17-/m1/s1. The number of aliphatic hydroxyl groups is 1. The molecular formula is C21H25N5O2S. The Labute approximate surface area is 173 Å². The van der Waals surface area contributed by atoms with Crippen LogP contribution >= 0.6 is 11.3 Å². The van der Waals surface area contributed by atoms with Crippen molar-refractivity contribution < 1.29 is 9.90 Å². The number of aliphatic hydroxyl groups excluding tert-OH is 1. The highest BCUT2D eigenvalue weighted by molar-refractivity contribution is 7.22. The molecule has 1 aromatic carbocycles. The zero-order chi connectivity index (χ0) is 20.0. The summed E-state index contributed by atoms with van der Waals surface area (Å²) < 4.78 is 2.97. The molecule has 1 saturated carbocycles. The van der Waals surface area contributed by atoms with Crippen LogP contribution in [0.3, 0.4) is 0 Å². The number of hydrogen-bond donors (Lipinski definition) is 2. The Morgan fingerprint density at radius 1 is 1.28 bits per heavy atom. The van der Waals surface area contributed by atoms with E-state index >= 15 is 0 Å². The molecule has 0 unspecified atom stereocenters. The Kier molecular flexibility index (Phi) is 4.85. The topological polar surface area (TPSA) is 83.3 Å². The summed E-state index contributed by atoms with van der Waals surface area (Å²) in [5.41, 5.74) is 2.08. The lowest BCUT2D eigenvalue weighted by molar-refractivity contribution is -0.117. The van der Waals surface area contributed by atoms with E-state index in [0.717, 1.165) is 41.7 Å². The van der Waals surface area contributed by atoms with Crippen LogP contribution in [0.2, 0.25) is 0 Å². The highest BCUT2D eigenvalue weighted by atomic mass is 32.1. The second-order valence-corrected chi connectivity index (χ2v) is 9.33. The van der Waals surface area contributed by atoms with Crippen molar-refractivity contribution in [1.29, 1.82) is 0 Å². The minimum atomic E-state index is -0.379. The summed E-state index contributed by atoms with van der Waals surface area (Å²) in [6, 6.07) is 8.00. The molecule has 7 nitrogen and oxygen atoms in total. The number of nitrogens with one attached hydrogen (secondary N) is 1. The Balaban J connectivity index is 1.20. The Bertz CT molecular complexity index is 1020. The summed E-state index contributed by atoms with van der Waals surface area (Å²) in [4.78, 5) is 19.4. The van der Waals surface area contributed by atoms with Gasteiger partial charge in [-0.25, -0.2) is 4.98 Å². The van der Waals surface area contributed by atoms with Gasteiger partial charge in [-0.2, -0.15) is 5.10 Å². The third-order valence-corrected chi connectivity index (χ3v) is 7.22. The van der Waals surface area contributed by atoms with E-state index < -0.39 is 0 Å². The van der Waals surface area contributed by atoms with Crippen molar-refractivity contribution in [3.63, 3.8) is 0 Å². The number of anilines is 1. The van der Waals surface area contributed by atoms with Gasteiger partial charge in [-0.15, -0.1) is 0 Å². The van der Waals surface area contributed by atoms with E-state index in [1.54, 1.807) is 6.20 Å². The first-order chi connectivity index (χ1) is 14.1. The molecule has 3 heterocycles. The van der Waals surface area contributed by atoms with E-state index in [-0.39, 0.29) is 18.1 Å². The van der Waals surface area contributed by atoms with Gasteiger partial charge in [0.25, 0.3) is 0 Å². The second kappa shape index (κ2) is 7.51. The van der Waals surface area contributed by atoms with Crippen LogP contribution < -0.4 is 5.32 Å². The lowest BCUT2D eigenvalue weighted by atomic mass is 9.77. The molecule has 4 atom stereocenters. The quantitative estimate of drug-likeness (QED) is 0.690. The predicted octanol–water partition coefficient (Wildman–Crippen LogP) is 2.68. The fraction of sp³-hybridized carbons (Fsp3) is 0.476. The molecule has 29 heavy (non-hydrogen) atoms. The monoisotopic (exact) mass is 411 g/mol. The summed E-state index contributed by atoms with van der Waals surface area (Å²) in [6.07, 6.45) is 4.98. The zero-order valence-electron chi connectivity index (χ0n) is 16.4. The number of aromatic nitrogens is 3. The fourth-order valence-corrected chi connectivity index (χ4v) is 5.86. The minimum Gasteiger partial charge on any atom is -0.391 e. The van der Waals surface area contributed by atoms with Gasteiger partial charge in [0, 0.05) is 25.5 Å². The van der Waals surface area contributed by atoms with Crippen molar-refractivity contribution in [3.05, 3.63) is 42.2 Å². The first kappa shape index (κ1) is 18.7. The number of likely N-dealkylation sites (tertiary alicyclic amines) is 1. The fourth-order valence-electron chi connectivity index (χ4n) is 4.90. The normalized spacial score (nSPS) is 27.2. The number of hydrogen-bond acceptors (Lipinski definition) is 6. The number of carbonyl (C=O) groups excluding carboxylic acids is 1. The third kappa shape index (κ3) is 3.68. The maximum Gasteiger partial charge on any atom is 0.240 e. The molecule has 8 heteroatoms. The van der Waals surface area contributed by atoms with E-state index in [1.165, 1.54) is 11.3 Å². The summed E-state index contributed by atoms with van der Waals surface area (Å²) in [5.74, 6) is 0.907. The minimum absolute atomic E-state index is 0.0236. The highest BCUT2D eigenvalue weighted by Crippen LogP contribution is 2.41. The lowest BCUT2D eigenvalue weighted by Crippen LogP contribution is -2.36. The van der Waals surface area contributed by atoms with Gasteiger partial charge in [0.15, 0.2) is 5.13 Å². The molecule has 0 bridgehead atoms. The molecule has 0 spiro atoms. The van der Waals surface area contributed by atoms with Gasteiger partial charge in [-0.3, -0.25) is 14.4 Å². The average Bonchev–Trinajstić information content (AvgIpc) is 3.40. The number of fused-ring (bicyclic) bond motifs is 2. The summed E-state index contributed by atoms with van der Waals surface area (Å²) in [5, 5.41) is 18.5. The number of thiazole rings is 1. The van der Waals surface area contributed by atoms with Gasteiger partial charge in [0.2, 0.25) is 5.91 Å². The molecular weight excluding hydrogens is 386 g/mol. The second-order valence-electron chi connectivity index (χ2n) is 8.30. The summed E-state index contributed by atoms with van der Waals surface area (Å²) >= 11 is 1.51. The van der Waals surface area contributed by atoms with Gasteiger partial charge in [0.05, 0.1) is 28.9 Å². The van der Waals surface area contributed by atoms with Crippen LogP contribution in [0.1, 0.15) is 24.4 Å².